The normalized spacial score (nSPS) is 13.0. The molecule has 0 saturated carbocycles. The van der Waals surface area contributed by atoms with Crippen LogP contribution in [0.15, 0.2) is 206 Å². The standard InChI is InChI=1S/C60H40N4/c1-60(2)52-26-13-12-21-47(52)51-36-42(33-34-53(51)60)44-24-14-25-50-54-48-22-10-8-19-45(48)46-20-9-11-23-49(46)56(54)64(55(44)50)59-62-57(40-30-27-39(28-31-40)37-15-4-3-5-16-37)61-58(63-59)43-32-29-38-17-6-7-18-41(38)35-43/h3-36H,1-2H3. The van der Waals surface area contributed by atoms with E-state index in [0.717, 1.165) is 60.6 Å². The lowest BCUT2D eigenvalue weighted by Gasteiger charge is -2.21. The fourth-order valence-corrected chi connectivity index (χ4v) is 10.5. The third-order valence-electron chi connectivity index (χ3n) is 13.6. The number of nitrogens with zero attached hydrogens (tertiary/aromatic N) is 4. The van der Waals surface area contributed by atoms with E-state index in [1.54, 1.807) is 0 Å². The molecule has 2 heterocycles. The minimum absolute atomic E-state index is 0.0943. The number of para-hydroxylation sites is 1. The second kappa shape index (κ2) is 13.9. The molecule has 300 valence electrons. The molecule has 4 heteroatoms. The zero-order chi connectivity index (χ0) is 42.5. The molecule has 2 aromatic heterocycles. The lowest BCUT2D eigenvalue weighted by molar-refractivity contribution is 0.660. The first-order valence-corrected chi connectivity index (χ1v) is 22.0. The van der Waals surface area contributed by atoms with E-state index in [-0.39, 0.29) is 5.41 Å². The number of hydrogen-bond acceptors (Lipinski definition) is 3. The number of rotatable bonds is 5. The molecule has 0 bridgehead atoms. The third-order valence-corrected chi connectivity index (χ3v) is 13.6. The maximum Gasteiger partial charge on any atom is 0.238 e. The highest BCUT2D eigenvalue weighted by atomic mass is 15.2. The van der Waals surface area contributed by atoms with Gasteiger partial charge in [0.25, 0.3) is 0 Å². The first-order valence-electron chi connectivity index (χ1n) is 22.0. The maximum atomic E-state index is 5.51. The van der Waals surface area contributed by atoms with E-state index in [1.807, 2.05) is 0 Å². The summed E-state index contributed by atoms with van der Waals surface area (Å²) in [5.41, 5.74) is 13.8. The Morgan fingerprint density at radius 2 is 0.906 bits per heavy atom. The van der Waals surface area contributed by atoms with Crippen LogP contribution in [0.25, 0.3) is 116 Å². The van der Waals surface area contributed by atoms with Crippen LogP contribution < -0.4 is 0 Å². The average Bonchev–Trinajstić information content (AvgIpc) is 3.83. The molecule has 0 saturated heterocycles. The average molecular weight is 817 g/mol. The molecule has 64 heavy (non-hydrogen) atoms. The largest absolute Gasteiger partial charge is 0.277 e. The van der Waals surface area contributed by atoms with Gasteiger partial charge in [-0.05, 0) is 78.0 Å². The van der Waals surface area contributed by atoms with Crippen LogP contribution in [0.2, 0.25) is 0 Å². The Hall–Kier alpha value is -8.21. The molecule has 1 aliphatic carbocycles. The molecule has 0 amide bonds. The van der Waals surface area contributed by atoms with Crippen molar-refractivity contribution >= 4 is 54.1 Å². The third kappa shape index (κ3) is 5.45. The van der Waals surface area contributed by atoms with Gasteiger partial charge in [-0.1, -0.05) is 208 Å². The van der Waals surface area contributed by atoms with Gasteiger partial charge in [0.2, 0.25) is 5.95 Å². The molecule has 1 aliphatic rings. The summed E-state index contributed by atoms with van der Waals surface area (Å²) in [5.74, 6) is 1.80. The smallest absolute Gasteiger partial charge is 0.238 e. The highest BCUT2D eigenvalue weighted by molar-refractivity contribution is 6.33. The lowest BCUT2D eigenvalue weighted by atomic mass is 9.82. The van der Waals surface area contributed by atoms with Crippen LogP contribution in [-0.2, 0) is 5.41 Å². The van der Waals surface area contributed by atoms with Gasteiger partial charge in [0.05, 0.1) is 11.0 Å². The Labute approximate surface area is 370 Å². The Kier molecular flexibility index (Phi) is 7.92. The Balaban J connectivity index is 1.14. The summed E-state index contributed by atoms with van der Waals surface area (Å²) in [6.45, 7) is 4.68. The maximum absolute atomic E-state index is 5.51. The molecule has 0 radical (unpaired) electrons. The van der Waals surface area contributed by atoms with E-state index >= 15 is 0 Å². The van der Waals surface area contributed by atoms with Gasteiger partial charge < -0.3 is 0 Å². The number of benzene rings is 10. The van der Waals surface area contributed by atoms with Crippen molar-refractivity contribution in [3.63, 3.8) is 0 Å². The summed E-state index contributed by atoms with van der Waals surface area (Å²) in [4.78, 5) is 16.3. The van der Waals surface area contributed by atoms with E-state index in [9.17, 15) is 0 Å². The molecular formula is C60H40N4. The molecule has 12 aromatic rings. The van der Waals surface area contributed by atoms with Gasteiger partial charge >= 0.3 is 0 Å². The van der Waals surface area contributed by atoms with Crippen LogP contribution in [0.1, 0.15) is 25.0 Å². The summed E-state index contributed by atoms with van der Waals surface area (Å²) in [7, 11) is 0. The van der Waals surface area contributed by atoms with Crippen LogP contribution in [0.4, 0.5) is 0 Å². The molecule has 4 nitrogen and oxygen atoms in total. The van der Waals surface area contributed by atoms with Crippen molar-refractivity contribution in [1.29, 1.82) is 0 Å². The van der Waals surface area contributed by atoms with Crippen LogP contribution in [0.5, 0.6) is 0 Å². The zero-order valence-corrected chi connectivity index (χ0v) is 35.4. The van der Waals surface area contributed by atoms with Crippen LogP contribution in [-0.4, -0.2) is 19.5 Å². The summed E-state index contributed by atoms with van der Waals surface area (Å²) in [5, 5.41) is 9.38. The fourth-order valence-electron chi connectivity index (χ4n) is 10.5. The predicted molar refractivity (Wildman–Crippen MR) is 266 cm³/mol. The van der Waals surface area contributed by atoms with Crippen molar-refractivity contribution in [2.24, 2.45) is 0 Å². The summed E-state index contributed by atoms with van der Waals surface area (Å²) in [6.07, 6.45) is 0. The quantitative estimate of drug-likeness (QED) is 0.163. The van der Waals surface area contributed by atoms with Gasteiger partial charge in [-0.25, -0.2) is 4.98 Å². The Morgan fingerprint density at radius 3 is 1.72 bits per heavy atom. The number of hydrogen-bond donors (Lipinski definition) is 0. The van der Waals surface area contributed by atoms with Crippen molar-refractivity contribution in [2.45, 2.75) is 19.3 Å². The minimum atomic E-state index is -0.0943. The topological polar surface area (TPSA) is 43.6 Å². The zero-order valence-electron chi connectivity index (χ0n) is 35.4. The first-order chi connectivity index (χ1) is 31.5. The Bertz CT molecular complexity index is 3860. The van der Waals surface area contributed by atoms with Gasteiger partial charge in [-0.15, -0.1) is 0 Å². The molecule has 0 atom stereocenters. The van der Waals surface area contributed by atoms with Crippen molar-refractivity contribution in [1.82, 2.24) is 19.5 Å². The van der Waals surface area contributed by atoms with Crippen LogP contribution in [0.3, 0.4) is 0 Å². The summed E-state index contributed by atoms with van der Waals surface area (Å²) < 4.78 is 2.34. The van der Waals surface area contributed by atoms with Crippen molar-refractivity contribution in [2.75, 3.05) is 0 Å². The summed E-state index contributed by atoms with van der Waals surface area (Å²) in [6, 6.07) is 74.3. The van der Waals surface area contributed by atoms with Crippen molar-refractivity contribution in [3.05, 3.63) is 217 Å². The molecular weight excluding hydrogens is 777 g/mol. The van der Waals surface area contributed by atoms with Gasteiger partial charge in [0, 0.05) is 38.3 Å². The Morgan fingerprint density at radius 1 is 0.344 bits per heavy atom. The fraction of sp³-hybridized carbons (Fsp3) is 0.0500. The van der Waals surface area contributed by atoms with Crippen molar-refractivity contribution < 1.29 is 0 Å². The van der Waals surface area contributed by atoms with Crippen LogP contribution >= 0.6 is 0 Å². The molecule has 10 aromatic carbocycles. The molecule has 0 aliphatic heterocycles. The highest BCUT2D eigenvalue weighted by Crippen LogP contribution is 2.51. The van der Waals surface area contributed by atoms with Gasteiger partial charge in [0.1, 0.15) is 0 Å². The monoisotopic (exact) mass is 816 g/mol. The summed E-state index contributed by atoms with van der Waals surface area (Å²) >= 11 is 0. The minimum Gasteiger partial charge on any atom is -0.277 e. The first kappa shape index (κ1) is 36.4. The van der Waals surface area contributed by atoms with E-state index in [4.69, 9.17) is 15.0 Å². The van der Waals surface area contributed by atoms with Gasteiger partial charge in [-0.3, -0.25) is 4.57 Å². The van der Waals surface area contributed by atoms with Gasteiger partial charge in [0.15, 0.2) is 11.6 Å². The van der Waals surface area contributed by atoms with Crippen LogP contribution in [0, 0.1) is 0 Å². The van der Waals surface area contributed by atoms with E-state index in [1.165, 1.54) is 49.2 Å². The van der Waals surface area contributed by atoms with E-state index in [2.05, 4.69) is 225 Å². The molecule has 0 spiro atoms. The number of fused-ring (bicyclic) bond motifs is 12. The molecule has 0 fully saturated rings. The second-order valence-electron chi connectivity index (χ2n) is 17.6. The highest BCUT2D eigenvalue weighted by Gasteiger charge is 2.35. The van der Waals surface area contributed by atoms with E-state index in [0.29, 0.717) is 17.6 Å². The molecule has 13 rings (SSSR count). The molecule has 0 unspecified atom stereocenters. The predicted octanol–water partition coefficient (Wildman–Crippen LogP) is 15.4. The molecule has 0 N–H and O–H groups in total. The SMILES string of the molecule is CC1(C)c2ccccc2-c2cc(-c3cccc4c5c6ccccc6c6ccccc6c5n(-c5nc(-c6ccc(-c7ccccc7)cc6)nc(-c6ccc7ccccc7c6)n5)c34)ccc21. The second-order valence-corrected chi connectivity index (χ2v) is 17.6. The number of aromatic nitrogens is 4. The van der Waals surface area contributed by atoms with Crippen molar-refractivity contribution in [3.8, 4) is 62.1 Å². The van der Waals surface area contributed by atoms with E-state index < -0.39 is 0 Å². The lowest BCUT2D eigenvalue weighted by Crippen LogP contribution is -2.14. The van der Waals surface area contributed by atoms with Gasteiger partial charge in [-0.2, -0.15) is 9.97 Å².